The third kappa shape index (κ3) is 1.96. The topological polar surface area (TPSA) is 54.2 Å². The van der Waals surface area contributed by atoms with E-state index in [1.807, 2.05) is 0 Å². The van der Waals surface area contributed by atoms with Gasteiger partial charge >= 0.3 is 0 Å². The molecule has 0 saturated heterocycles. The summed E-state index contributed by atoms with van der Waals surface area (Å²) < 4.78 is 5.02. The molecule has 1 aromatic rings. The maximum absolute atomic E-state index is 9.54. The van der Waals surface area contributed by atoms with Crippen molar-refractivity contribution in [2.45, 2.75) is 6.92 Å². The molecule has 0 aliphatic carbocycles. The van der Waals surface area contributed by atoms with Gasteiger partial charge in [0.15, 0.2) is 0 Å². The number of ether oxygens (including phenoxy) is 1. The number of azo groups is 1. The summed E-state index contributed by atoms with van der Waals surface area (Å²) in [4.78, 5) is 0. The highest BCUT2D eigenvalue weighted by Gasteiger charge is 2.06. The largest absolute Gasteiger partial charge is 0.505 e. The first kappa shape index (κ1) is 9.51. The van der Waals surface area contributed by atoms with Crippen LogP contribution in [0.15, 0.2) is 22.4 Å². The van der Waals surface area contributed by atoms with E-state index in [0.717, 1.165) is 5.56 Å². The van der Waals surface area contributed by atoms with E-state index < -0.39 is 0 Å². The number of benzene rings is 1. The summed E-state index contributed by atoms with van der Waals surface area (Å²) in [5.41, 5.74) is 1.15. The predicted molar refractivity (Wildman–Crippen MR) is 49.8 cm³/mol. The molecule has 0 aliphatic heterocycles. The molecule has 0 aliphatic rings. The minimum atomic E-state index is 0.145. The van der Waals surface area contributed by atoms with Crippen LogP contribution in [0.1, 0.15) is 5.56 Å². The minimum absolute atomic E-state index is 0.145. The van der Waals surface area contributed by atoms with Crippen LogP contribution in [0.2, 0.25) is 0 Å². The Morgan fingerprint density at radius 1 is 1.38 bits per heavy atom. The van der Waals surface area contributed by atoms with Crippen LogP contribution in [0.25, 0.3) is 0 Å². The maximum atomic E-state index is 9.54. The second-order valence-corrected chi connectivity index (χ2v) is 2.61. The maximum Gasteiger partial charge on any atom is 0.146 e. The molecule has 1 rings (SSSR count). The Bertz CT molecular complexity index is 335. The van der Waals surface area contributed by atoms with E-state index in [1.54, 1.807) is 33.2 Å². The lowest BCUT2D eigenvalue weighted by Gasteiger charge is -2.05. The zero-order valence-corrected chi connectivity index (χ0v) is 7.90. The van der Waals surface area contributed by atoms with Gasteiger partial charge in [-0.2, -0.15) is 10.2 Å². The van der Waals surface area contributed by atoms with Crippen molar-refractivity contribution < 1.29 is 9.84 Å². The van der Waals surface area contributed by atoms with Gasteiger partial charge < -0.3 is 9.84 Å². The minimum Gasteiger partial charge on any atom is -0.505 e. The summed E-state index contributed by atoms with van der Waals surface area (Å²) >= 11 is 0. The van der Waals surface area contributed by atoms with Crippen LogP contribution in [0, 0.1) is 6.92 Å². The first-order valence-corrected chi connectivity index (χ1v) is 3.86. The number of phenols is 1. The average Bonchev–Trinajstić information content (AvgIpc) is 2.13. The number of methoxy groups -OCH3 is 1. The number of nitrogens with zero attached hydrogens (tertiary/aromatic N) is 2. The van der Waals surface area contributed by atoms with Crippen LogP contribution in [0.5, 0.6) is 11.5 Å². The van der Waals surface area contributed by atoms with E-state index in [9.17, 15) is 5.11 Å². The van der Waals surface area contributed by atoms with Gasteiger partial charge in [-0.05, 0) is 18.6 Å². The Balaban J connectivity index is 3.24. The van der Waals surface area contributed by atoms with E-state index >= 15 is 0 Å². The molecule has 0 saturated carbocycles. The molecule has 70 valence electrons. The van der Waals surface area contributed by atoms with Gasteiger partial charge in [0.1, 0.15) is 17.2 Å². The summed E-state index contributed by atoms with van der Waals surface area (Å²) in [6.45, 7) is 1.78. The van der Waals surface area contributed by atoms with Gasteiger partial charge in [-0.3, -0.25) is 0 Å². The lowest BCUT2D eigenvalue weighted by Crippen LogP contribution is -1.84. The molecule has 4 heteroatoms. The number of hydrogen-bond donors (Lipinski definition) is 1. The highest BCUT2D eigenvalue weighted by Crippen LogP contribution is 2.34. The third-order valence-electron chi connectivity index (χ3n) is 1.70. The van der Waals surface area contributed by atoms with Crippen LogP contribution in [0.3, 0.4) is 0 Å². The van der Waals surface area contributed by atoms with Gasteiger partial charge in [-0.15, -0.1) is 0 Å². The molecule has 13 heavy (non-hydrogen) atoms. The van der Waals surface area contributed by atoms with E-state index in [0.29, 0.717) is 11.4 Å². The normalized spacial score (nSPS) is 10.7. The van der Waals surface area contributed by atoms with Crippen molar-refractivity contribution in [1.29, 1.82) is 0 Å². The Morgan fingerprint density at radius 3 is 2.62 bits per heavy atom. The molecule has 0 heterocycles. The summed E-state index contributed by atoms with van der Waals surface area (Å²) in [5.74, 6) is 0.809. The summed E-state index contributed by atoms with van der Waals surface area (Å²) in [6.07, 6.45) is 0. The first-order valence-electron chi connectivity index (χ1n) is 3.86. The number of hydrogen-bond acceptors (Lipinski definition) is 4. The highest BCUT2D eigenvalue weighted by atomic mass is 16.5. The zero-order valence-electron chi connectivity index (χ0n) is 7.90. The third-order valence-corrected chi connectivity index (χ3v) is 1.70. The van der Waals surface area contributed by atoms with Crippen LogP contribution >= 0.6 is 0 Å². The van der Waals surface area contributed by atoms with Gasteiger partial charge in [0.05, 0.1) is 7.11 Å². The second-order valence-electron chi connectivity index (χ2n) is 2.61. The van der Waals surface area contributed by atoms with Crippen LogP contribution in [-0.2, 0) is 0 Å². The number of rotatable bonds is 2. The van der Waals surface area contributed by atoms with Gasteiger partial charge in [-0.25, -0.2) is 0 Å². The molecule has 1 aromatic carbocycles. The van der Waals surface area contributed by atoms with E-state index in [4.69, 9.17) is 4.74 Å². The Morgan fingerprint density at radius 2 is 2.08 bits per heavy atom. The number of aromatic hydroxyl groups is 1. The van der Waals surface area contributed by atoms with E-state index in [2.05, 4.69) is 10.2 Å². The van der Waals surface area contributed by atoms with E-state index in [-0.39, 0.29) is 5.75 Å². The number of aryl methyl sites for hydroxylation is 1. The molecule has 0 spiro atoms. The summed E-state index contributed by atoms with van der Waals surface area (Å²) in [6, 6.07) is 3.37. The monoisotopic (exact) mass is 180 g/mol. The smallest absolute Gasteiger partial charge is 0.146 e. The fourth-order valence-corrected chi connectivity index (χ4v) is 1.03. The Labute approximate surface area is 76.9 Å². The van der Waals surface area contributed by atoms with Crippen molar-refractivity contribution in [2.75, 3.05) is 14.2 Å². The Hall–Kier alpha value is -1.58. The van der Waals surface area contributed by atoms with Crippen molar-refractivity contribution in [3.8, 4) is 11.5 Å². The SMILES string of the molecule is CN=Nc1cc(OC)cc(C)c1O. The van der Waals surface area contributed by atoms with Crippen molar-refractivity contribution in [3.63, 3.8) is 0 Å². The fraction of sp³-hybridized carbons (Fsp3) is 0.333. The van der Waals surface area contributed by atoms with Crippen LogP contribution in [-0.4, -0.2) is 19.3 Å². The molecular weight excluding hydrogens is 168 g/mol. The molecular formula is C9H12N2O2. The zero-order chi connectivity index (χ0) is 9.84. The van der Waals surface area contributed by atoms with Gasteiger partial charge in [0.25, 0.3) is 0 Å². The lowest BCUT2D eigenvalue weighted by molar-refractivity contribution is 0.411. The van der Waals surface area contributed by atoms with E-state index in [1.165, 1.54) is 0 Å². The van der Waals surface area contributed by atoms with Crippen molar-refractivity contribution in [1.82, 2.24) is 0 Å². The molecule has 0 aromatic heterocycles. The molecule has 4 nitrogen and oxygen atoms in total. The quantitative estimate of drug-likeness (QED) is 0.710. The van der Waals surface area contributed by atoms with Crippen molar-refractivity contribution >= 4 is 5.69 Å². The standard InChI is InChI=1S/C9H12N2O2/c1-6-4-7(13-3)5-8(9(6)12)11-10-2/h4-5,12H,1-3H3. The molecule has 0 radical (unpaired) electrons. The highest BCUT2D eigenvalue weighted by molar-refractivity contribution is 5.58. The summed E-state index contributed by atoms with van der Waals surface area (Å²) in [7, 11) is 3.12. The first-order chi connectivity index (χ1) is 6.19. The van der Waals surface area contributed by atoms with Crippen molar-refractivity contribution in [3.05, 3.63) is 17.7 Å². The van der Waals surface area contributed by atoms with Crippen LogP contribution in [0.4, 0.5) is 5.69 Å². The molecule has 0 unspecified atom stereocenters. The van der Waals surface area contributed by atoms with Crippen LogP contribution < -0.4 is 4.74 Å². The predicted octanol–water partition coefficient (Wildman–Crippen LogP) is 2.42. The van der Waals surface area contributed by atoms with Crippen molar-refractivity contribution in [2.24, 2.45) is 10.2 Å². The molecule has 0 atom stereocenters. The Kier molecular flexibility index (Phi) is 2.84. The molecule has 0 amide bonds. The molecule has 0 bridgehead atoms. The lowest BCUT2D eigenvalue weighted by atomic mass is 10.2. The van der Waals surface area contributed by atoms with Gasteiger partial charge in [0, 0.05) is 13.1 Å². The van der Waals surface area contributed by atoms with Gasteiger partial charge in [-0.1, -0.05) is 0 Å². The summed E-state index contributed by atoms with van der Waals surface area (Å²) in [5, 5.41) is 16.9. The van der Waals surface area contributed by atoms with Gasteiger partial charge in [0.2, 0.25) is 0 Å². The fourth-order valence-electron chi connectivity index (χ4n) is 1.03. The molecule has 1 N–H and O–H groups in total. The second kappa shape index (κ2) is 3.89. The number of phenolic OH excluding ortho intramolecular Hbond substituents is 1. The molecule has 0 fully saturated rings. The average molecular weight is 180 g/mol.